The lowest BCUT2D eigenvalue weighted by atomic mass is 10.1. The van der Waals surface area contributed by atoms with Crippen LogP contribution in [0.4, 0.5) is 0 Å². The highest BCUT2D eigenvalue weighted by Crippen LogP contribution is 2.17. The molecule has 2 rings (SSSR count). The quantitative estimate of drug-likeness (QED) is 0.708. The maximum atomic E-state index is 2.67. The molecule has 0 radical (unpaired) electrons. The van der Waals surface area contributed by atoms with Gasteiger partial charge in [0.15, 0.2) is 0 Å². The number of likely N-dealkylation sites (tertiary alicyclic amines) is 1. The first-order valence-corrected chi connectivity index (χ1v) is 6.80. The molecular formula is C13H27N3. The van der Waals surface area contributed by atoms with E-state index in [0.29, 0.717) is 0 Å². The second kappa shape index (κ2) is 5.48. The third kappa shape index (κ3) is 3.19. The molecule has 0 aromatic carbocycles. The van der Waals surface area contributed by atoms with Gasteiger partial charge in [-0.1, -0.05) is 0 Å². The van der Waals surface area contributed by atoms with E-state index in [4.69, 9.17) is 0 Å². The molecule has 0 bridgehead atoms. The summed E-state index contributed by atoms with van der Waals surface area (Å²) in [5, 5.41) is 0. The normalized spacial score (nSPS) is 30.4. The van der Waals surface area contributed by atoms with Crippen molar-refractivity contribution in [1.82, 2.24) is 14.7 Å². The van der Waals surface area contributed by atoms with Crippen molar-refractivity contribution in [1.29, 1.82) is 0 Å². The van der Waals surface area contributed by atoms with Gasteiger partial charge in [-0.05, 0) is 39.8 Å². The molecule has 0 aromatic rings. The van der Waals surface area contributed by atoms with Gasteiger partial charge >= 0.3 is 0 Å². The van der Waals surface area contributed by atoms with Gasteiger partial charge in [0.1, 0.15) is 0 Å². The minimum atomic E-state index is 0.722. The second-order valence-electron chi connectivity index (χ2n) is 5.85. The Hall–Kier alpha value is -0.120. The third-order valence-corrected chi connectivity index (χ3v) is 4.14. The van der Waals surface area contributed by atoms with Crippen LogP contribution < -0.4 is 0 Å². The van der Waals surface area contributed by atoms with Gasteiger partial charge in [0.25, 0.3) is 0 Å². The molecule has 3 nitrogen and oxygen atoms in total. The first-order valence-electron chi connectivity index (χ1n) is 6.80. The fourth-order valence-corrected chi connectivity index (χ4v) is 3.00. The zero-order chi connectivity index (χ0) is 11.5. The van der Waals surface area contributed by atoms with Crippen LogP contribution in [-0.4, -0.2) is 73.6 Å². The highest BCUT2D eigenvalue weighted by molar-refractivity contribution is 4.80. The van der Waals surface area contributed by atoms with Crippen LogP contribution >= 0.6 is 0 Å². The van der Waals surface area contributed by atoms with E-state index in [1.54, 1.807) is 0 Å². The average Bonchev–Trinajstić information content (AvgIpc) is 2.65. The van der Waals surface area contributed by atoms with Gasteiger partial charge in [-0.3, -0.25) is 4.90 Å². The van der Waals surface area contributed by atoms with Gasteiger partial charge in [0.05, 0.1) is 0 Å². The van der Waals surface area contributed by atoms with Crippen LogP contribution in [0.15, 0.2) is 0 Å². The Morgan fingerprint density at radius 1 is 1.06 bits per heavy atom. The van der Waals surface area contributed by atoms with Crippen molar-refractivity contribution in [2.24, 2.45) is 5.92 Å². The van der Waals surface area contributed by atoms with Crippen molar-refractivity contribution in [3.05, 3.63) is 0 Å². The van der Waals surface area contributed by atoms with Crippen LogP contribution in [0.1, 0.15) is 20.3 Å². The topological polar surface area (TPSA) is 9.72 Å². The number of piperazine rings is 1. The standard InChI is InChI=1S/C13H27N3/c1-12(2)16-8-6-15(7-9-16)11-13-4-5-14(3)10-13/h12-13H,4-11H2,1-3H3. The van der Waals surface area contributed by atoms with Gasteiger partial charge < -0.3 is 9.80 Å². The molecule has 94 valence electrons. The van der Waals surface area contributed by atoms with Crippen LogP contribution in [0.3, 0.4) is 0 Å². The molecular weight excluding hydrogens is 198 g/mol. The molecule has 2 aliphatic rings. The van der Waals surface area contributed by atoms with E-state index in [1.165, 1.54) is 52.2 Å². The molecule has 1 atom stereocenters. The summed E-state index contributed by atoms with van der Waals surface area (Å²) >= 11 is 0. The molecule has 0 amide bonds. The van der Waals surface area contributed by atoms with Gasteiger partial charge in [0, 0.05) is 45.3 Å². The first kappa shape index (κ1) is 12.3. The summed E-state index contributed by atoms with van der Waals surface area (Å²) < 4.78 is 0. The van der Waals surface area contributed by atoms with Crippen LogP contribution in [0.2, 0.25) is 0 Å². The SMILES string of the molecule is CC(C)N1CCN(CC2CCN(C)C2)CC1. The smallest absolute Gasteiger partial charge is 0.0113 e. The lowest BCUT2D eigenvalue weighted by molar-refractivity contribution is 0.0977. The first-order chi connectivity index (χ1) is 7.65. The van der Waals surface area contributed by atoms with E-state index in [0.717, 1.165) is 12.0 Å². The molecule has 0 N–H and O–H groups in total. The molecule has 0 aromatic heterocycles. The number of hydrogen-bond acceptors (Lipinski definition) is 3. The Morgan fingerprint density at radius 3 is 2.25 bits per heavy atom. The highest BCUT2D eigenvalue weighted by atomic mass is 15.3. The number of rotatable bonds is 3. The maximum absolute atomic E-state index is 2.67. The molecule has 1 unspecified atom stereocenters. The van der Waals surface area contributed by atoms with Crippen molar-refractivity contribution in [2.45, 2.75) is 26.3 Å². The zero-order valence-electron chi connectivity index (χ0n) is 11.2. The minimum absolute atomic E-state index is 0.722. The van der Waals surface area contributed by atoms with Crippen molar-refractivity contribution in [3.63, 3.8) is 0 Å². The molecule has 16 heavy (non-hydrogen) atoms. The third-order valence-electron chi connectivity index (χ3n) is 4.14. The Morgan fingerprint density at radius 2 is 1.75 bits per heavy atom. The molecule has 2 fully saturated rings. The predicted octanol–water partition coefficient (Wildman–Crippen LogP) is 0.964. The molecule has 3 heteroatoms. The lowest BCUT2D eigenvalue weighted by Gasteiger charge is -2.37. The van der Waals surface area contributed by atoms with Crippen molar-refractivity contribution in [3.8, 4) is 0 Å². The monoisotopic (exact) mass is 225 g/mol. The lowest BCUT2D eigenvalue weighted by Crippen LogP contribution is -2.50. The Kier molecular flexibility index (Phi) is 4.22. The van der Waals surface area contributed by atoms with Crippen molar-refractivity contribution < 1.29 is 0 Å². The van der Waals surface area contributed by atoms with E-state index >= 15 is 0 Å². The van der Waals surface area contributed by atoms with Gasteiger partial charge in [-0.2, -0.15) is 0 Å². The van der Waals surface area contributed by atoms with Crippen LogP contribution in [-0.2, 0) is 0 Å². The number of nitrogens with zero attached hydrogens (tertiary/aromatic N) is 3. The minimum Gasteiger partial charge on any atom is -0.306 e. The Labute approximate surface area is 100 Å². The van der Waals surface area contributed by atoms with E-state index < -0.39 is 0 Å². The summed E-state index contributed by atoms with van der Waals surface area (Å²) in [4.78, 5) is 7.73. The predicted molar refractivity (Wildman–Crippen MR) is 68.8 cm³/mol. The Bertz CT molecular complexity index is 209. The fourth-order valence-electron chi connectivity index (χ4n) is 3.00. The fraction of sp³-hybridized carbons (Fsp3) is 1.00. The summed E-state index contributed by atoms with van der Waals surface area (Å²) in [5.74, 6) is 0.926. The Balaban J connectivity index is 1.69. The van der Waals surface area contributed by atoms with Gasteiger partial charge in [-0.15, -0.1) is 0 Å². The summed E-state index contributed by atoms with van der Waals surface area (Å²) in [6.07, 6.45) is 1.40. The zero-order valence-corrected chi connectivity index (χ0v) is 11.2. The summed E-state index contributed by atoms with van der Waals surface area (Å²) in [7, 11) is 2.25. The van der Waals surface area contributed by atoms with E-state index in [-0.39, 0.29) is 0 Å². The molecule has 2 saturated heterocycles. The van der Waals surface area contributed by atoms with Crippen molar-refractivity contribution >= 4 is 0 Å². The highest BCUT2D eigenvalue weighted by Gasteiger charge is 2.24. The van der Waals surface area contributed by atoms with Crippen LogP contribution in [0, 0.1) is 5.92 Å². The second-order valence-corrected chi connectivity index (χ2v) is 5.85. The van der Waals surface area contributed by atoms with Crippen LogP contribution in [0.5, 0.6) is 0 Å². The van der Waals surface area contributed by atoms with Crippen molar-refractivity contribution in [2.75, 3.05) is 52.9 Å². The van der Waals surface area contributed by atoms with E-state index in [1.807, 2.05) is 0 Å². The molecule has 0 saturated carbocycles. The molecule has 0 aliphatic carbocycles. The molecule has 0 spiro atoms. The largest absolute Gasteiger partial charge is 0.306 e. The maximum Gasteiger partial charge on any atom is 0.0113 e. The van der Waals surface area contributed by atoms with E-state index in [9.17, 15) is 0 Å². The van der Waals surface area contributed by atoms with Gasteiger partial charge in [-0.25, -0.2) is 0 Å². The summed E-state index contributed by atoms with van der Waals surface area (Å²) in [6.45, 7) is 13.6. The average molecular weight is 225 g/mol. The summed E-state index contributed by atoms with van der Waals surface area (Å²) in [5.41, 5.74) is 0. The summed E-state index contributed by atoms with van der Waals surface area (Å²) in [6, 6.07) is 0.722. The number of hydrogen-bond donors (Lipinski definition) is 0. The van der Waals surface area contributed by atoms with E-state index in [2.05, 4.69) is 35.6 Å². The molecule has 2 aliphatic heterocycles. The van der Waals surface area contributed by atoms with Crippen LogP contribution in [0.25, 0.3) is 0 Å². The molecule has 2 heterocycles. The van der Waals surface area contributed by atoms with Gasteiger partial charge in [0.2, 0.25) is 0 Å².